The molecular weight excluding hydrogens is 250 g/mol. The van der Waals surface area contributed by atoms with Gasteiger partial charge in [0.1, 0.15) is 0 Å². The molecule has 3 atom stereocenters. The fraction of sp³-hybridized carbons (Fsp3) is 0.647. The van der Waals surface area contributed by atoms with Gasteiger partial charge in [0.15, 0.2) is 0 Å². The highest BCUT2D eigenvalue weighted by Gasteiger charge is 2.31. The van der Waals surface area contributed by atoms with Crippen LogP contribution in [0.2, 0.25) is 0 Å². The molecule has 0 aromatic heterocycles. The first-order chi connectivity index (χ1) is 9.69. The quantitative estimate of drug-likeness (QED) is 0.840. The van der Waals surface area contributed by atoms with E-state index in [4.69, 9.17) is 10.5 Å². The fourth-order valence-electron chi connectivity index (χ4n) is 3.11. The Morgan fingerprint density at radius 3 is 2.60 bits per heavy atom. The number of hydrogen-bond acceptors (Lipinski definition) is 3. The molecule has 1 aliphatic rings. The molecule has 0 spiro atoms. The summed E-state index contributed by atoms with van der Waals surface area (Å²) < 4.78 is 6.11. The third kappa shape index (κ3) is 3.60. The van der Waals surface area contributed by atoms with Crippen LogP contribution in [0.5, 0.6) is 0 Å². The fourth-order valence-corrected chi connectivity index (χ4v) is 3.11. The molecule has 1 aromatic carbocycles. The molecule has 20 heavy (non-hydrogen) atoms. The van der Waals surface area contributed by atoms with E-state index in [0.29, 0.717) is 18.6 Å². The van der Waals surface area contributed by atoms with Crippen LogP contribution in [0.25, 0.3) is 0 Å². The molecule has 3 N–H and O–H groups in total. The minimum Gasteiger partial charge on any atom is -0.394 e. The van der Waals surface area contributed by atoms with Crippen LogP contribution in [-0.2, 0) is 10.3 Å². The minimum absolute atomic E-state index is 0.0967. The summed E-state index contributed by atoms with van der Waals surface area (Å²) in [4.78, 5) is 0. The van der Waals surface area contributed by atoms with Crippen molar-refractivity contribution >= 4 is 0 Å². The van der Waals surface area contributed by atoms with Crippen molar-refractivity contribution in [2.75, 3.05) is 13.2 Å². The van der Waals surface area contributed by atoms with E-state index >= 15 is 0 Å². The lowest BCUT2D eigenvalue weighted by Crippen LogP contribution is -2.46. The van der Waals surface area contributed by atoms with Crippen molar-refractivity contribution in [1.82, 2.24) is 0 Å². The summed E-state index contributed by atoms with van der Waals surface area (Å²) in [6.45, 7) is 2.51. The van der Waals surface area contributed by atoms with Gasteiger partial charge in [-0.15, -0.1) is 0 Å². The van der Waals surface area contributed by atoms with Crippen molar-refractivity contribution < 1.29 is 9.84 Å². The number of hydrogen-bond donors (Lipinski definition) is 2. The van der Waals surface area contributed by atoms with Crippen molar-refractivity contribution in [1.29, 1.82) is 0 Å². The van der Waals surface area contributed by atoms with Gasteiger partial charge >= 0.3 is 0 Å². The Kier molecular flexibility index (Phi) is 5.58. The number of aliphatic hydroxyl groups excluding tert-OH is 1. The molecule has 1 aliphatic carbocycles. The zero-order valence-corrected chi connectivity index (χ0v) is 12.4. The Hall–Kier alpha value is -0.900. The summed E-state index contributed by atoms with van der Waals surface area (Å²) >= 11 is 0. The van der Waals surface area contributed by atoms with Crippen LogP contribution >= 0.6 is 0 Å². The summed E-state index contributed by atoms with van der Waals surface area (Å²) in [5.74, 6) is 0.641. The van der Waals surface area contributed by atoms with E-state index in [2.05, 4.69) is 6.92 Å². The van der Waals surface area contributed by atoms with Crippen molar-refractivity contribution in [3.05, 3.63) is 35.9 Å². The maximum absolute atomic E-state index is 9.69. The molecular formula is C17H27NO2. The van der Waals surface area contributed by atoms with Crippen LogP contribution in [0.1, 0.15) is 44.6 Å². The summed E-state index contributed by atoms with van der Waals surface area (Å²) in [5, 5.41) is 9.69. The predicted octanol–water partition coefficient (Wildman–Crippen LogP) is 2.82. The Balaban J connectivity index is 1.99. The van der Waals surface area contributed by atoms with Crippen molar-refractivity contribution in [2.24, 2.45) is 11.7 Å². The van der Waals surface area contributed by atoms with Crippen LogP contribution in [0.15, 0.2) is 30.3 Å². The van der Waals surface area contributed by atoms with E-state index < -0.39 is 5.54 Å². The van der Waals surface area contributed by atoms with Gasteiger partial charge in [-0.1, -0.05) is 56.5 Å². The average Bonchev–Trinajstić information content (AvgIpc) is 2.53. The van der Waals surface area contributed by atoms with E-state index in [-0.39, 0.29) is 6.61 Å². The van der Waals surface area contributed by atoms with Gasteiger partial charge in [0.2, 0.25) is 0 Å². The zero-order chi connectivity index (χ0) is 14.4. The molecule has 112 valence electrons. The highest BCUT2D eigenvalue weighted by molar-refractivity contribution is 5.24. The number of benzene rings is 1. The Bertz CT molecular complexity index is 395. The molecule has 1 fully saturated rings. The van der Waals surface area contributed by atoms with Crippen molar-refractivity contribution in [3.63, 3.8) is 0 Å². The number of aliphatic hydroxyl groups is 1. The standard InChI is InChI=1S/C17H27NO2/c1-2-14-8-6-7-11-16(14)20-13-17(18,12-19)15-9-4-3-5-10-15/h3-5,9-10,14,16,19H,2,6-8,11-13,18H2,1H3. The second-order valence-corrected chi connectivity index (χ2v) is 5.98. The molecule has 3 heteroatoms. The lowest BCUT2D eigenvalue weighted by Gasteiger charge is -2.35. The molecule has 1 aromatic rings. The largest absolute Gasteiger partial charge is 0.394 e. The highest BCUT2D eigenvalue weighted by atomic mass is 16.5. The van der Waals surface area contributed by atoms with Gasteiger partial charge in [0.25, 0.3) is 0 Å². The Morgan fingerprint density at radius 1 is 1.25 bits per heavy atom. The van der Waals surface area contributed by atoms with Gasteiger partial charge in [0, 0.05) is 0 Å². The second kappa shape index (κ2) is 7.21. The lowest BCUT2D eigenvalue weighted by molar-refractivity contribution is -0.0442. The molecule has 0 bridgehead atoms. The second-order valence-electron chi connectivity index (χ2n) is 5.98. The monoisotopic (exact) mass is 277 g/mol. The topological polar surface area (TPSA) is 55.5 Å². The van der Waals surface area contributed by atoms with Crippen LogP contribution in [-0.4, -0.2) is 24.4 Å². The van der Waals surface area contributed by atoms with E-state index in [1.165, 1.54) is 19.3 Å². The molecule has 0 heterocycles. The molecule has 0 aliphatic heterocycles. The van der Waals surface area contributed by atoms with Gasteiger partial charge in [-0.2, -0.15) is 0 Å². The van der Waals surface area contributed by atoms with Gasteiger partial charge in [-0.05, 0) is 24.3 Å². The van der Waals surface area contributed by atoms with Crippen LogP contribution in [0.4, 0.5) is 0 Å². The number of nitrogens with two attached hydrogens (primary N) is 1. The van der Waals surface area contributed by atoms with Gasteiger partial charge in [-0.3, -0.25) is 0 Å². The average molecular weight is 277 g/mol. The third-order valence-electron chi connectivity index (χ3n) is 4.55. The summed E-state index contributed by atoms with van der Waals surface area (Å²) in [5.41, 5.74) is 6.49. The number of rotatable bonds is 6. The van der Waals surface area contributed by atoms with Crippen molar-refractivity contribution in [3.8, 4) is 0 Å². The predicted molar refractivity (Wildman–Crippen MR) is 81.4 cm³/mol. The third-order valence-corrected chi connectivity index (χ3v) is 4.55. The SMILES string of the molecule is CCC1CCCCC1OCC(N)(CO)c1ccccc1. The maximum atomic E-state index is 9.69. The maximum Gasteiger partial charge on any atom is 0.0881 e. The normalized spacial score (nSPS) is 26.1. The van der Waals surface area contributed by atoms with Gasteiger partial charge in [-0.25, -0.2) is 0 Å². The lowest BCUT2D eigenvalue weighted by atomic mass is 9.84. The summed E-state index contributed by atoms with van der Waals surface area (Å²) in [7, 11) is 0. The van der Waals surface area contributed by atoms with E-state index in [1.54, 1.807) is 0 Å². The molecule has 3 unspecified atom stereocenters. The Labute approximate surface area is 122 Å². The van der Waals surface area contributed by atoms with E-state index in [0.717, 1.165) is 18.4 Å². The minimum atomic E-state index is -0.795. The highest BCUT2D eigenvalue weighted by Crippen LogP contribution is 2.30. The Morgan fingerprint density at radius 2 is 1.95 bits per heavy atom. The smallest absolute Gasteiger partial charge is 0.0881 e. The van der Waals surface area contributed by atoms with Crippen LogP contribution in [0.3, 0.4) is 0 Å². The van der Waals surface area contributed by atoms with E-state index in [9.17, 15) is 5.11 Å². The first-order valence-corrected chi connectivity index (χ1v) is 7.76. The first-order valence-electron chi connectivity index (χ1n) is 7.76. The molecule has 0 amide bonds. The number of ether oxygens (including phenoxy) is 1. The van der Waals surface area contributed by atoms with Crippen molar-refractivity contribution in [2.45, 2.75) is 50.7 Å². The van der Waals surface area contributed by atoms with Gasteiger partial charge in [0.05, 0.1) is 24.9 Å². The zero-order valence-electron chi connectivity index (χ0n) is 12.4. The van der Waals surface area contributed by atoms with Crippen LogP contribution in [0, 0.1) is 5.92 Å². The van der Waals surface area contributed by atoms with Gasteiger partial charge < -0.3 is 15.6 Å². The first kappa shape index (κ1) is 15.5. The summed E-state index contributed by atoms with van der Waals surface area (Å²) in [6, 6.07) is 9.76. The molecule has 3 nitrogen and oxygen atoms in total. The molecule has 0 radical (unpaired) electrons. The van der Waals surface area contributed by atoms with E-state index in [1.807, 2.05) is 30.3 Å². The molecule has 1 saturated carbocycles. The molecule has 0 saturated heterocycles. The summed E-state index contributed by atoms with van der Waals surface area (Å²) in [6.07, 6.45) is 6.38. The molecule has 2 rings (SSSR count). The van der Waals surface area contributed by atoms with Crippen LogP contribution < -0.4 is 5.73 Å².